The van der Waals surface area contributed by atoms with Crippen molar-refractivity contribution in [3.63, 3.8) is 0 Å². The van der Waals surface area contributed by atoms with Crippen LogP contribution in [0, 0.1) is 5.92 Å². The van der Waals surface area contributed by atoms with Gasteiger partial charge in [-0.2, -0.15) is 0 Å². The summed E-state index contributed by atoms with van der Waals surface area (Å²) in [5.74, 6) is -1.16. The van der Waals surface area contributed by atoms with Crippen molar-refractivity contribution in [3.8, 4) is 11.1 Å². The van der Waals surface area contributed by atoms with E-state index in [1.165, 1.54) is 22.3 Å². The van der Waals surface area contributed by atoms with Crippen LogP contribution in [-0.2, 0) is 11.2 Å². The fourth-order valence-corrected chi connectivity index (χ4v) is 2.61. The normalized spacial score (nSPS) is 13.4. The lowest BCUT2D eigenvalue weighted by Gasteiger charge is -2.11. The summed E-state index contributed by atoms with van der Waals surface area (Å²) in [5.41, 5.74) is 6.26. The summed E-state index contributed by atoms with van der Waals surface area (Å²) in [6.45, 7) is 2.15. The number of hydrogen-bond acceptors (Lipinski definition) is 2. The third-order valence-corrected chi connectivity index (χ3v) is 3.83. The number of carboxylic acids is 1. The van der Waals surface area contributed by atoms with Crippen molar-refractivity contribution < 1.29 is 9.90 Å². The summed E-state index contributed by atoms with van der Waals surface area (Å²) >= 11 is 0. The molecule has 0 fully saturated rings. The van der Waals surface area contributed by atoms with E-state index in [1.807, 2.05) is 6.07 Å². The summed E-state index contributed by atoms with van der Waals surface area (Å²) in [6, 6.07) is 14.7. The van der Waals surface area contributed by atoms with E-state index in [-0.39, 0.29) is 5.92 Å². The molecule has 20 heavy (non-hydrogen) atoms. The van der Waals surface area contributed by atoms with Crippen molar-refractivity contribution in [2.24, 2.45) is 5.92 Å². The molecule has 0 bridgehead atoms. The van der Waals surface area contributed by atoms with Crippen LogP contribution >= 0.6 is 0 Å². The quantitative estimate of drug-likeness (QED) is 0.761. The number of rotatable bonds is 4. The van der Waals surface area contributed by atoms with Crippen molar-refractivity contribution in [1.29, 1.82) is 0 Å². The lowest BCUT2D eigenvalue weighted by molar-refractivity contribution is -0.140. The molecule has 3 rings (SSSR count). The maximum Gasteiger partial charge on any atom is 0.308 e. The standard InChI is InChI=1S/C17H17NO2/c1-11(17(19)20)10-18-14-6-7-16-13(9-14)8-12-4-2-3-5-15(12)16/h2-7,9,11,18H,8,10H2,1H3,(H,19,20). The monoisotopic (exact) mass is 267 g/mol. The van der Waals surface area contributed by atoms with Gasteiger partial charge in [-0.1, -0.05) is 37.3 Å². The number of benzene rings is 2. The number of anilines is 1. The number of hydrogen-bond donors (Lipinski definition) is 2. The Bertz CT molecular complexity index is 664. The minimum atomic E-state index is -0.772. The first-order valence-corrected chi connectivity index (χ1v) is 6.83. The van der Waals surface area contributed by atoms with Gasteiger partial charge < -0.3 is 10.4 Å². The van der Waals surface area contributed by atoms with Gasteiger partial charge in [0.25, 0.3) is 0 Å². The molecular weight excluding hydrogens is 250 g/mol. The Morgan fingerprint density at radius 2 is 1.95 bits per heavy atom. The van der Waals surface area contributed by atoms with Crippen LogP contribution in [0.1, 0.15) is 18.1 Å². The van der Waals surface area contributed by atoms with E-state index in [1.54, 1.807) is 6.92 Å². The average Bonchev–Trinajstić information content (AvgIpc) is 2.82. The van der Waals surface area contributed by atoms with Crippen LogP contribution in [0.15, 0.2) is 42.5 Å². The lowest BCUT2D eigenvalue weighted by Crippen LogP contribution is -2.19. The van der Waals surface area contributed by atoms with E-state index in [2.05, 4.69) is 41.7 Å². The highest BCUT2D eigenvalue weighted by molar-refractivity contribution is 5.78. The Labute approximate surface area is 118 Å². The first-order valence-electron chi connectivity index (χ1n) is 6.83. The van der Waals surface area contributed by atoms with Crippen molar-refractivity contribution in [3.05, 3.63) is 53.6 Å². The summed E-state index contributed by atoms with van der Waals surface area (Å²) in [6.07, 6.45) is 0.954. The van der Waals surface area contributed by atoms with Gasteiger partial charge in [-0.05, 0) is 40.8 Å². The Morgan fingerprint density at radius 1 is 1.20 bits per heavy atom. The summed E-state index contributed by atoms with van der Waals surface area (Å²) in [4.78, 5) is 10.8. The smallest absolute Gasteiger partial charge is 0.308 e. The van der Waals surface area contributed by atoms with Crippen LogP contribution in [0.4, 0.5) is 5.69 Å². The second-order valence-corrected chi connectivity index (χ2v) is 5.33. The van der Waals surface area contributed by atoms with E-state index in [4.69, 9.17) is 5.11 Å². The third-order valence-electron chi connectivity index (χ3n) is 3.83. The van der Waals surface area contributed by atoms with Crippen molar-refractivity contribution in [2.45, 2.75) is 13.3 Å². The summed E-state index contributed by atoms with van der Waals surface area (Å²) in [7, 11) is 0. The molecule has 1 unspecified atom stereocenters. The first-order chi connectivity index (χ1) is 9.65. The Morgan fingerprint density at radius 3 is 2.75 bits per heavy atom. The maximum atomic E-state index is 10.8. The molecule has 3 heteroatoms. The first kappa shape index (κ1) is 12.7. The molecule has 0 saturated carbocycles. The molecule has 0 heterocycles. The number of nitrogens with one attached hydrogen (secondary N) is 1. The minimum Gasteiger partial charge on any atom is -0.481 e. The van der Waals surface area contributed by atoms with Crippen LogP contribution in [0.5, 0.6) is 0 Å². The second kappa shape index (κ2) is 5.00. The lowest BCUT2D eigenvalue weighted by atomic mass is 10.1. The summed E-state index contributed by atoms with van der Waals surface area (Å²) < 4.78 is 0. The fraction of sp³-hybridized carbons (Fsp3) is 0.235. The second-order valence-electron chi connectivity index (χ2n) is 5.33. The van der Waals surface area contributed by atoms with E-state index in [9.17, 15) is 4.79 Å². The maximum absolute atomic E-state index is 10.8. The molecule has 0 aliphatic heterocycles. The molecule has 1 atom stereocenters. The highest BCUT2D eigenvalue weighted by atomic mass is 16.4. The minimum absolute atomic E-state index is 0.388. The van der Waals surface area contributed by atoms with Gasteiger partial charge in [0.15, 0.2) is 0 Å². The van der Waals surface area contributed by atoms with Gasteiger partial charge in [0.05, 0.1) is 5.92 Å². The van der Waals surface area contributed by atoms with Gasteiger partial charge in [-0.15, -0.1) is 0 Å². The molecule has 0 radical (unpaired) electrons. The topological polar surface area (TPSA) is 49.3 Å². The van der Waals surface area contributed by atoms with Crippen LogP contribution in [0.2, 0.25) is 0 Å². The zero-order valence-electron chi connectivity index (χ0n) is 11.4. The molecule has 0 saturated heterocycles. The van der Waals surface area contributed by atoms with Crippen LogP contribution in [0.25, 0.3) is 11.1 Å². The average molecular weight is 267 g/mol. The predicted molar refractivity (Wildman–Crippen MR) is 80.0 cm³/mol. The molecule has 0 spiro atoms. The Balaban J connectivity index is 1.79. The number of carboxylic acid groups (broad SMARTS) is 1. The largest absolute Gasteiger partial charge is 0.481 e. The van der Waals surface area contributed by atoms with E-state index >= 15 is 0 Å². The molecule has 102 valence electrons. The molecule has 0 aromatic heterocycles. The van der Waals surface area contributed by atoms with Crippen molar-refractivity contribution in [1.82, 2.24) is 0 Å². The predicted octanol–water partition coefficient (Wildman–Crippen LogP) is 3.39. The number of carbonyl (C=O) groups is 1. The number of aliphatic carboxylic acids is 1. The van der Waals surface area contributed by atoms with Gasteiger partial charge in [0, 0.05) is 12.2 Å². The molecule has 1 aliphatic carbocycles. The van der Waals surface area contributed by atoms with Crippen molar-refractivity contribution in [2.75, 3.05) is 11.9 Å². The summed E-state index contributed by atoms with van der Waals surface area (Å²) in [5, 5.41) is 12.1. The van der Waals surface area contributed by atoms with Crippen molar-refractivity contribution >= 4 is 11.7 Å². The van der Waals surface area contributed by atoms with E-state index < -0.39 is 5.97 Å². The fourth-order valence-electron chi connectivity index (χ4n) is 2.61. The van der Waals surface area contributed by atoms with Gasteiger partial charge in [-0.3, -0.25) is 4.79 Å². The van der Waals surface area contributed by atoms with Gasteiger partial charge in [-0.25, -0.2) is 0 Å². The number of fused-ring (bicyclic) bond motifs is 3. The van der Waals surface area contributed by atoms with Gasteiger partial charge >= 0.3 is 5.97 Å². The molecule has 2 aromatic rings. The van der Waals surface area contributed by atoms with Crippen LogP contribution < -0.4 is 5.32 Å². The Hall–Kier alpha value is -2.29. The van der Waals surface area contributed by atoms with Gasteiger partial charge in [0.1, 0.15) is 0 Å². The molecule has 3 nitrogen and oxygen atoms in total. The Kier molecular flexibility index (Phi) is 3.18. The molecular formula is C17H17NO2. The van der Waals surface area contributed by atoms with Gasteiger partial charge in [0.2, 0.25) is 0 Å². The SMILES string of the molecule is CC(CNc1ccc2c(c1)Cc1ccccc1-2)C(=O)O. The molecule has 2 N–H and O–H groups in total. The molecule has 1 aliphatic rings. The van der Waals surface area contributed by atoms with E-state index in [0.717, 1.165) is 12.1 Å². The highest BCUT2D eigenvalue weighted by Crippen LogP contribution is 2.37. The van der Waals surface area contributed by atoms with E-state index in [0.29, 0.717) is 6.54 Å². The highest BCUT2D eigenvalue weighted by Gasteiger charge is 2.18. The van der Waals surface area contributed by atoms with Crippen LogP contribution in [-0.4, -0.2) is 17.6 Å². The molecule has 2 aromatic carbocycles. The zero-order valence-corrected chi connectivity index (χ0v) is 11.4. The zero-order chi connectivity index (χ0) is 14.1. The van der Waals surface area contributed by atoms with Crippen LogP contribution in [0.3, 0.4) is 0 Å². The third kappa shape index (κ3) is 2.27. The molecule has 0 amide bonds.